The maximum absolute atomic E-state index is 6.61. The van der Waals surface area contributed by atoms with Gasteiger partial charge in [0, 0.05) is 45.4 Å². The first-order valence-electron chi connectivity index (χ1n) is 15.0. The number of benzene rings is 6. The Kier molecular flexibility index (Phi) is 4.93. The number of para-hydroxylation sites is 1. The summed E-state index contributed by atoms with van der Waals surface area (Å²) in [6, 6.07) is 43.7. The third-order valence-electron chi connectivity index (χ3n) is 8.92. The van der Waals surface area contributed by atoms with E-state index in [1.165, 1.54) is 10.8 Å². The molecule has 0 atom stereocenters. The van der Waals surface area contributed by atoms with Crippen molar-refractivity contribution in [3.8, 4) is 17.3 Å². The molecule has 0 unspecified atom stereocenters. The highest BCUT2D eigenvalue weighted by Gasteiger charge is 2.20. The minimum Gasteiger partial charge on any atom is -0.457 e. The van der Waals surface area contributed by atoms with E-state index in [4.69, 9.17) is 19.1 Å². The Morgan fingerprint density at radius 2 is 1.18 bits per heavy atom. The van der Waals surface area contributed by atoms with Gasteiger partial charge in [-0.2, -0.15) is 0 Å². The zero-order valence-corrected chi connectivity index (χ0v) is 23.9. The predicted octanol–water partition coefficient (Wildman–Crippen LogP) is 10.7. The van der Waals surface area contributed by atoms with Gasteiger partial charge >= 0.3 is 0 Å². The fourth-order valence-electron chi connectivity index (χ4n) is 7.02. The van der Waals surface area contributed by atoms with E-state index >= 15 is 0 Å². The number of rotatable bonds is 3. The Bertz CT molecular complexity index is 2760. The van der Waals surface area contributed by atoms with Crippen LogP contribution in [0, 0.1) is 0 Å². The molecule has 0 saturated heterocycles. The van der Waals surface area contributed by atoms with E-state index in [2.05, 4.69) is 83.4 Å². The van der Waals surface area contributed by atoms with E-state index in [1.807, 2.05) is 60.9 Å². The van der Waals surface area contributed by atoms with Crippen LogP contribution in [0.3, 0.4) is 0 Å². The molecule has 45 heavy (non-hydrogen) atoms. The van der Waals surface area contributed by atoms with E-state index < -0.39 is 0 Å². The van der Waals surface area contributed by atoms with Crippen molar-refractivity contribution in [2.45, 2.75) is 0 Å². The number of furan rings is 1. The number of ether oxygens (including phenoxy) is 1. The van der Waals surface area contributed by atoms with Gasteiger partial charge in [0.1, 0.15) is 28.5 Å². The lowest BCUT2D eigenvalue weighted by atomic mass is 9.97. The minimum absolute atomic E-state index is 0.744. The first-order chi connectivity index (χ1) is 22.3. The van der Waals surface area contributed by atoms with E-state index in [0.29, 0.717) is 0 Å². The van der Waals surface area contributed by atoms with Crippen molar-refractivity contribution in [2.24, 2.45) is 0 Å². The number of nitrogens with zero attached hydrogens (tertiary/aromatic N) is 3. The van der Waals surface area contributed by atoms with Crippen LogP contribution >= 0.6 is 0 Å². The lowest BCUT2D eigenvalue weighted by Crippen LogP contribution is -1.97. The van der Waals surface area contributed by atoms with Crippen LogP contribution in [0.25, 0.3) is 82.0 Å². The first-order valence-corrected chi connectivity index (χ1v) is 15.0. The van der Waals surface area contributed by atoms with Gasteiger partial charge in [-0.05, 0) is 82.9 Å². The first kappa shape index (κ1) is 24.3. The van der Waals surface area contributed by atoms with Crippen molar-refractivity contribution in [1.82, 2.24) is 14.5 Å². The molecule has 6 aromatic carbocycles. The summed E-state index contributed by atoms with van der Waals surface area (Å²) in [6.45, 7) is 0. The summed E-state index contributed by atoms with van der Waals surface area (Å²) < 4.78 is 15.1. The Labute approximate surface area is 256 Å². The van der Waals surface area contributed by atoms with Gasteiger partial charge in [-0.25, -0.2) is 4.98 Å². The molecule has 10 aromatic rings. The molecular formula is C40H23N3O2. The normalized spacial score (nSPS) is 12.0. The largest absolute Gasteiger partial charge is 0.457 e. The average Bonchev–Trinajstić information content (AvgIpc) is 3.64. The SMILES string of the molecule is c1ccc(-n2c3cc(Oc4ccc5c6ccccc6c6cccnc6c5c4)ccc3c3ccc4oc5ccccc5c4c32)nc1. The van der Waals surface area contributed by atoms with Crippen molar-refractivity contribution in [1.29, 1.82) is 0 Å². The molecule has 0 radical (unpaired) electrons. The zero-order chi connectivity index (χ0) is 29.5. The van der Waals surface area contributed by atoms with Crippen molar-refractivity contribution in [2.75, 3.05) is 0 Å². The third kappa shape index (κ3) is 3.49. The van der Waals surface area contributed by atoms with Crippen molar-refractivity contribution < 1.29 is 9.15 Å². The van der Waals surface area contributed by atoms with Crippen LogP contribution in [0.4, 0.5) is 0 Å². The maximum Gasteiger partial charge on any atom is 0.137 e. The molecule has 5 nitrogen and oxygen atoms in total. The van der Waals surface area contributed by atoms with Gasteiger partial charge in [0.2, 0.25) is 0 Å². The summed E-state index contributed by atoms with van der Waals surface area (Å²) in [5.41, 5.74) is 4.77. The third-order valence-corrected chi connectivity index (χ3v) is 8.92. The summed E-state index contributed by atoms with van der Waals surface area (Å²) in [7, 11) is 0. The van der Waals surface area contributed by atoms with Gasteiger partial charge in [-0.3, -0.25) is 9.55 Å². The summed E-state index contributed by atoms with van der Waals surface area (Å²) in [5.74, 6) is 2.34. The van der Waals surface area contributed by atoms with E-state index in [1.54, 1.807) is 0 Å². The molecular weight excluding hydrogens is 554 g/mol. The molecule has 0 spiro atoms. The number of hydrogen-bond acceptors (Lipinski definition) is 4. The van der Waals surface area contributed by atoms with Gasteiger partial charge in [0.15, 0.2) is 0 Å². The van der Waals surface area contributed by atoms with Gasteiger partial charge in [-0.1, -0.05) is 54.6 Å². The summed E-state index contributed by atoms with van der Waals surface area (Å²) in [4.78, 5) is 9.57. The zero-order valence-electron chi connectivity index (χ0n) is 23.9. The molecule has 210 valence electrons. The van der Waals surface area contributed by atoms with Crippen LogP contribution in [0.2, 0.25) is 0 Å². The van der Waals surface area contributed by atoms with Crippen LogP contribution in [0.5, 0.6) is 11.5 Å². The molecule has 0 amide bonds. The standard InChI is InChI=1S/C40H23N3O2/c1-2-9-27-26(8-1)28-16-14-24(22-33(28)39-30(27)11-7-21-42-39)44-25-15-17-29-31-18-19-36-38(32-10-3-4-12-35(32)45-36)40(31)43(34(29)23-25)37-13-5-6-20-41-37/h1-23H. The Hall–Kier alpha value is -6.20. The molecule has 5 heteroatoms. The highest BCUT2D eigenvalue weighted by Crippen LogP contribution is 2.42. The van der Waals surface area contributed by atoms with E-state index in [0.717, 1.165) is 82.7 Å². The summed E-state index contributed by atoms with van der Waals surface area (Å²) in [6.07, 6.45) is 3.69. The van der Waals surface area contributed by atoms with Crippen molar-refractivity contribution in [3.63, 3.8) is 0 Å². The van der Waals surface area contributed by atoms with Crippen LogP contribution in [0.1, 0.15) is 0 Å². The van der Waals surface area contributed by atoms with Crippen LogP contribution in [-0.2, 0) is 0 Å². The molecule has 0 aliphatic rings. The molecule has 4 aromatic heterocycles. The molecule has 0 aliphatic carbocycles. The predicted molar refractivity (Wildman–Crippen MR) is 183 cm³/mol. The molecule has 0 bridgehead atoms. The smallest absolute Gasteiger partial charge is 0.137 e. The van der Waals surface area contributed by atoms with Crippen molar-refractivity contribution >= 4 is 76.2 Å². The second kappa shape index (κ2) is 9.15. The highest BCUT2D eigenvalue weighted by atomic mass is 16.5. The van der Waals surface area contributed by atoms with Crippen LogP contribution in [-0.4, -0.2) is 14.5 Å². The van der Waals surface area contributed by atoms with Crippen LogP contribution < -0.4 is 4.74 Å². The number of fused-ring (bicyclic) bond motifs is 13. The second-order valence-electron chi connectivity index (χ2n) is 11.4. The van der Waals surface area contributed by atoms with Gasteiger partial charge < -0.3 is 9.15 Å². The molecule has 0 saturated carbocycles. The molecule has 0 fully saturated rings. The second-order valence-corrected chi connectivity index (χ2v) is 11.4. The summed E-state index contributed by atoms with van der Waals surface area (Å²) in [5, 5.41) is 10.2. The van der Waals surface area contributed by atoms with Gasteiger partial charge in [0.05, 0.1) is 21.9 Å². The Balaban J connectivity index is 1.20. The van der Waals surface area contributed by atoms with Crippen molar-refractivity contribution in [3.05, 3.63) is 140 Å². The lowest BCUT2D eigenvalue weighted by Gasteiger charge is -2.12. The Morgan fingerprint density at radius 3 is 2.04 bits per heavy atom. The number of aromatic nitrogens is 3. The van der Waals surface area contributed by atoms with Gasteiger partial charge in [-0.15, -0.1) is 0 Å². The fraction of sp³-hybridized carbons (Fsp3) is 0. The molecule has 0 aliphatic heterocycles. The lowest BCUT2D eigenvalue weighted by molar-refractivity contribution is 0.484. The van der Waals surface area contributed by atoms with Crippen LogP contribution in [0.15, 0.2) is 144 Å². The van der Waals surface area contributed by atoms with Gasteiger partial charge in [0.25, 0.3) is 0 Å². The molecule has 10 rings (SSSR count). The maximum atomic E-state index is 6.61. The highest BCUT2D eigenvalue weighted by molar-refractivity contribution is 6.25. The molecule has 4 heterocycles. The number of pyridine rings is 2. The molecule has 0 N–H and O–H groups in total. The topological polar surface area (TPSA) is 53.1 Å². The monoisotopic (exact) mass is 577 g/mol. The Morgan fingerprint density at radius 1 is 0.489 bits per heavy atom. The van der Waals surface area contributed by atoms with E-state index in [9.17, 15) is 0 Å². The average molecular weight is 578 g/mol. The van der Waals surface area contributed by atoms with E-state index in [-0.39, 0.29) is 0 Å². The summed E-state index contributed by atoms with van der Waals surface area (Å²) >= 11 is 0. The minimum atomic E-state index is 0.744. The quantitative estimate of drug-likeness (QED) is 0.196. The fourth-order valence-corrected chi connectivity index (χ4v) is 7.02. The number of hydrogen-bond donors (Lipinski definition) is 0.